The van der Waals surface area contributed by atoms with Crippen LogP contribution in [0.25, 0.3) is 5.69 Å². The first-order valence-corrected chi connectivity index (χ1v) is 9.84. The quantitative estimate of drug-likeness (QED) is 0.571. The summed E-state index contributed by atoms with van der Waals surface area (Å²) in [6.07, 6.45) is -3.48. The monoisotopic (exact) mass is 428 g/mol. The van der Waals surface area contributed by atoms with E-state index in [-0.39, 0.29) is 21.4 Å². The Morgan fingerprint density at radius 1 is 1.07 bits per heavy atom. The van der Waals surface area contributed by atoms with Gasteiger partial charge in [0.1, 0.15) is 22.9 Å². The molecule has 5 nitrogen and oxygen atoms in total. The minimum absolute atomic E-state index is 0.0308. The average Bonchev–Trinajstić information content (AvgIpc) is 3.03. The summed E-state index contributed by atoms with van der Waals surface area (Å²) in [5.41, 5.74) is -1.19. The molecule has 0 saturated heterocycles. The predicted octanol–water partition coefficient (Wildman–Crippen LogP) is 4.20. The van der Waals surface area contributed by atoms with Crippen LogP contribution in [0.2, 0.25) is 5.15 Å². The Morgan fingerprint density at radius 2 is 1.75 bits per heavy atom. The van der Waals surface area contributed by atoms with Gasteiger partial charge in [-0.25, -0.2) is 13.4 Å². The number of ketones is 1. The fraction of sp³-hybridized carbons (Fsp3) is 0.111. The third-order valence-electron chi connectivity index (χ3n) is 3.85. The summed E-state index contributed by atoms with van der Waals surface area (Å²) >= 11 is 6.10. The Kier molecular flexibility index (Phi) is 5.31. The Bertz CT molecular complexity index is 1130. The van der Waals surface area contributed by atoms with E-state index in [1.54, 1.807) is 6.07 Å². The van der Waals surface area contributed by atoms with E-state index in [0.717, 1.165) is 23.0 Å². The lowest BCUT2D eigenvalue weighted by atomic mass is 10.2. The zero-order valence-corrected chi connectivity index (χ0v) is 15.6. The number of nitrogens with zero attached hydrogens (tertiary/aromatic N) is 2. The summed E-state index contributed by atoms with van der Waals surface area (Å²) in [7, 11) is -3.91. The number of hydrogen-bond donors (Lipinski definition) is 0. The molecule has 0 amide bonds. The molecule has 0 aliphatic carbocycles. The second kappa shape index (κ2) is 7.40. The van der Waals surface area contributed by atoms with Gasteiger partial charge in [0.15, 0.2) is 15.6 Å². The Labute approximate surface area is 163 Å². The molecule has 10 heteroatoms. The summed E-state index contributed by atoms with van der Waals surface area (Å²) in [4.78, 5) is 16.2. The first-order chi connectivity index (χ1) is 13.1. The molecule has 3 aromatic rings. The summed E-state index contributed by atoms with van der Waals surface area (Å²) in [6.45, 7) is 0. The minimum atomic E-state index is -4.55. The van der Waals surface area contributed by atoms with Crippen LogP contribution in [0, 0.1) is 0 Å². The van der Waals surface area contributed by atoms with E-state index in [2.05, 4.69) is 4.98 Å². The summed E-state index contributed by atoms with van der Waals surface area (Å²) in [5, 5.41) is -0.271. The predicted molar refractivity (Wildman–Crippen MR) is 96.4 cm³/mol. The molecule has 0 N–H and O–H groups in total. The van der Waals surface area contributed by atoms with E-state index in [4.69, 9.17) is 11.6 Å². The van der Waals surface area contributed by atoms with Crippen LogP contribution in [-0.4, -0.2) is 29.5 Å². The van der Waals surface area contributed by atoms with Gasteiger partial charge in [0.25, 0.3) is 0 Å². The normalized spacial score (nSPS) is 12.1. The smallest absolute Gasteiger partial charge is 0.291 e. The van der Waals surface area contributed by atoms with E-state index in [0.29, 0.717) is 0 Å². The second-order valence-corrected chi connectivity index (χ2v) is 8.14. The van der Waals surface area contributed by atoms with E-state index >= 15 is 0 Å². The van der Waals surface area contributed by atoms with Crippen molar-refractivity contribution >= 4 is 27.2 Å². The van der Waals surface area contributed by atoms with Gasteiger partial charge in [-0.05, 0) is 30.3 Å². The maximum absolute atomic E-state index is 12.9. The maximum atomic E-state index is 12.9. The maximum Gasteiger partial charge on any atom is 0.416 e. The van der Waals surface area contributed by atoms with Crippen molar-refractivity contribution in [1.82, 2.24) is 9.55 Å². The van der Waals surface area contributed by atoms with Crippen LogP contribution in [0.15, 0.2) is 65.8 Å². The highest BCUT2D eigenvalue weighted by Crippen LogP contribution is 2.31. The van der Waals surface area contributed by atoms with Gasteiger partial charge in [-0.2, -0.15) is 13.2 Å². The zero-order chi connectivity index (χ0) is 20.5. The standard InChI is InChI=1S/C18H12ClF3N2O3S/c19-17-16(15(25)10-28(26,27)14-7-2-1-3-8-14)23-11-24(17)13-6-4-5-12(9-13)18(20,21)22/h1-9,11H,10H2. The molecule has 0 atom stereocenters. The van der Waals surface area contributed by atoms with Crippen LogP contribution in [0.5, 0.6) is 0 Å². The molecule has 3 rings (SSSR count). The number of alkyl halides is 3. The molecule has 146 valence electrons. The molecule has 0 aliphatic heterocycles. The Hall–Kier alpha value is -2.65. The van der Waals surface area contributed by atoms with Gasteiger partial charge in [-0.3, -0.25) is 9.36 Å². The van der Waals surface area contributed by atoms with Crippen LogP contribution in [0.1, 0.15) is 16.1 Å². The van der Waals surface area contributed by atoms with Crippen LogP contribution in [0.3, 0.4) is 0 Å². The fourth-order valence-electron chi connectivity index (χ4n) is 2.48. The summed E-state index contributed by atoms with van der Waals surface area (Å²) in [6, 6.07) is 11.7. The highest BCUT2D eigenvalue weighted by Gasteiger charge is 2.31. The van der Waals surface area contributed by atoms with Gasteiger partial charge in [0.2, 0.25) is 0 Å². The van der Waals surface area contributed by atoms with Crippen LogP contribution >= 0.6 is 11.6 Å². The van der Waals surface area contributed by atoms with Gasteiger partial charge in [-0.15, -0.1) is 0 Å². The lowest BCUT2D eigenvalue weighted by Crippen LogP contribution is -2.17. The molecular weight excluding hydrogens is 417 g/mol. The molecule has 1 aromatic heterocycles. The van der Waals surface area contributed by atoms with Gasteiger partial charge in [-0.1, -0.05) is 35.9 Å². The number of aromatic nitrogens is 2. The largest absolute Gasteiger partial charge is 0.416 e. The van der Waals surface area contributed by atoms with Crippen molar-refractivity contribution < 1.29 is 26.4 Å². The topological polar surface area (TPSA) is 69.0 Å². The van der Waals surface area contributed by atoms with E-state index in [1.807, 2.05) is 0 Å². The first kappa shape index (κ1) is 20.1. The number of rotatable bonds is 5. The number of halogens is 4. The Morgan fingerprint density at radius 3 is 2.39 bits per heavy atom. The molecule has 0 unspecified atom stereocenters. The summed E-state index contributed by atoms with van der Waals surface area (Å²) < 4.78 is 64.4. The molecule has 1 heterocycles. The molecule has 2 aromatic carbocycles. The van der Waals surface area contributed by atoms with Gasteiger partial charge in [0.05, 0.1) is 10.5 Å². The molecule has 0 saturated carbocycles. The lowest BCUT2D eigenvalue weighted by Gasteiger charge is -2.10. The minimum Gasteiger partial charge on any atom is -0.291 e. The van der Waals surface area contributed by atoms with Crippen molar-refractivity contribution in [3.05, 3.63) is 77.3 Å². The molecule has 0 aliphatic rings. The van der Waals surface area contributed by atoms with Crippen LogP contribution in [0.4, 0.5) is 13.2 Å². The number of imidazole rings is 1. The third-order valence-corrected chi connectivity index (χ3v) is 5.84. The summed E-state index contributed by atoms with van der Waals surface area (Å²) in [5.74, 6) is -1.73. The third kappa shape index (κ3) is 4.10. The SMILES string of the molecule is O=C(CS(=O)(=O)c1ccccc1)c1ncn(-c2cccc(C(F)(F)F)c2)c1Cl. The molecular formula is C18H12ClF3N2O3S. The van der Waals surface area contributed by atoms with Gasteiger partial charge >= 0.3 is 6.18 Å². The number of Topliss-reactive ketones (excluding diaryl/α,β-unsaturated/α-hetero) is 1. The van der Waals surface area contributed by atoms with Gasteiger partial charge < -0.3 is 0 Å². The number of sulfone groups is 1. The fourth-order valence-corrected chi connectivity index (χ4v) is 4.00. The van der Waals surface area contributed by atoms with Crippen molar-refractivity contribution in [3.63, 3.8) is 0 Å². The van der Waals surface area contributed by atoms with Crippen molar-refractivity contribution in [2.24, 2.45) is 0 Å². The van der Waals surface area contributed by atoms with E-state index in [9.17, 15) is 26.4 Å². The molecule has 0 bridgehead atoms. The molecule has 0 spiro atoms. The van der Waals surface area contributed by atoms with Crippen molar-refractivity contribution in [1.29, 1.82) is 0 Å². The molecule has 0 radical (unpaired) electrons. The van der Waals surface area contributed by atoms with Crippen LogP contribution in [-0.2, 0) is 16.0 Å². The van der Waals surface area contributed by atoms with Crippen molar-refractivity contribution in [2.75, 3.05) is 5.75 Å². The lowest BCUT2D eigenvalue weighted by molar-refractivity contribution is -0.137. The van der Waals surface area contributed by atoms with Crippen LogP contribution < -0.4 is 0 Å². The number of benzene rings is 2. The van der Waals surface area contributed by atoms with E-state index < -0.39 is 33.1 Å². The molecule has 28 heavy (non-hydrogen) atoms. The second-order valence-electron chi connectivity index (χ2n) is 5.80. The highest BCUT2D eigenvalue weighted by atomic mass is 35.5. The van der Waals surface area contributed by atoms with Crippen molar-refractivity contribution in [2.45, 2.75) is 11.1 Å². The molecule has 0 fully saturated rings. The average molecular weight is 429 g/mol. The first-order valence-electron chi connectivity index (χ1n) is 7.81. The Balaban J connectivity index is 1.90. The number of carbonyl (C=O) groups excluding carboxylic acids is 1. The zero-order valence-electron chi connectivity index (χ0n) is 14.0. The number of hydrogen-bond acceptors (Lipinski definition) is 4. The van der Waals surface area contributed by atoms with Gasteiger partial charge in [0, 0.05) is 5.69 Å². The number of carbonyl (C=O) groups is 1. The van der Waals surface area contributed by atoms with E-state index in [1.165, 1.54) is 36.4 Å². The van der Waals surface area contributed by atoms with Crippen molar-refractivity contribution in [3.8, 4) is 5.69 Å². The highest BCUT2D eigenvalue weighted by molar-refractivity contribution is 7.92.